The number of nitrogens with zero attached hydrogens (tertiary/aromatic N) is 3. The highest BCUT2D eigenvalue weighted by Gasteiger charge is 2.27. The molecule has 9 nitrogen and oxygen atoms in total. The minimum atomic E-state index is -3.92. The van der Waals surface area contributed by atoms with Gasteiger partial charge < -0.3 is 4.74 Å². The number of pyridine rings is 2. The fourth-order valence-corrected chi connectivity index (χ4v) is 6.09. The predicted octanol–water partition coefficient (Wildman–Crippen LogP) is 3.53. The molecule has 2 aromatic heterocycles. The fourth-order valence-electron chi connectivity index (χ4n) is 3.81. The van der Waals surface area contributed by atoms with Crippen LogP contribution in [-0.4, -0.2) is 45.9 Å². The molecule has 0 aliphatic carbocycles. The number of rotatable bonds is 5. The fraction of sp³-hybridized carbons (Fsp3) is 0.167. The molecule has 0 radical (unpaired) electrons. The summed E-state index contributed by atoms with van der Waals surface area (Å²) in [5.41, 5.74) is 4.69. The third-order valence-corrected chi connectivity index (χ3v) is 8.75. The van der Waals surface area contributed by atoms with Gasteiger partial charge in [-0.2, -0.15) is 0 Å². The topological polar surface area (TPSA) is 119 Å². The van der Waals surface area contributed by atoms with Gasteiger partial charge in [-0.1, -0.05) is 6.07 Å². The minimum Gasteiger partial charge on any atom is -0.359 e. The van der Waals surface area contributed by atoms with Crippen molar-refractivity contribution in [2.45, 2.75) is 11.8 Å². The van der Waals surface area contributed by atoms with Crippen molar-refractivity contribution in [3.63, 3.8) is 0 Å². The van der Waals surface area contributed by atoms with E-state index in [0.29, 0.717) is 17.1 Å². The van der Waals surface area contributed by atoms with E-state index in [1.807, 2.05) is 37.3 Å². The molecule has 5 rings (SSSR count). The number of aryl methyl sites for hydroxylation is 1. The molecule has 1 aliphatic rings. The molecule has 1 fully saturated rings. The Morgan fingerprint density at radius 1 is 1.00 bits per heavy atom. The zero-order valence-corrected chi connectivity index (χ0v) is 20.4. The molecule has 180 valence electrons. The van der Waals surface area contributed by atoms with E-state index in [9.17, 15) is 16.8 Å². The average Bonchev–Trinajstić information content (AvgIpc) is 2.84. The van der Waals surface area contributed by atoms with Crippen molar-refractivity contribution in [3.8, 4) is 11.3 Å². The van der Waals surface area contributed by atoms with Crippen molar-refractivity contribution in [3.05, 3.63) is 78.5 Å². The maximum Gasteiger partial charge on any atom is 0.261 e. The predicted molar refractivity (Wildman–Crippen MR) is 134 cm³/mol. The Hall–Kier alpha value is -3.54. The number of hydrogen-bond donors (Lipinski definition) is 1. The van der Waals surface area contributed by atoms with Crippen LogP contribution in [0.5, 0.6) is 0 Å². The van der Waals surface area contributed by atoms with E-state index in [0.717, 1.165) is 26.5 Å². The lowest BCUT2D eigenvalue weighted by molar-refractivity contribution is 0.149. The highest BCUT2D eigenvalue weighted by molar-refractivity contribution is 7.93. The van der Waals surface area contributed by atoms with Gasteiger partial charge in [0, 0.05) is 17.4 Å². The normalized spacial score (nSPS) is 15.7. The number of benzene rings is 2. The summed E-state index contributed by atoms with van der Waals surface area (Å²) >= 11 is 0. The summed E-state index contributed by atoms with van der Waals surface area (Å²) in [6.07, 6.45) is 1.70. The molecule has 0 atom stereocenters. The van der Waals surface area contributed by atoms with Crippen LogP contribution in [0.15, 0.2) is 77.8 Å². The van der Waals surface area contributed by atoms with Crippen LogP contribution < -0.4 is 9.03 Å². The second-order valence-electron chi connectivity index (χ2n) is 8.07. The quantitative estimate of drug-likeness (QED) is 0.436. The van der Waals surface area contributed by atoms with Crippen molar-refractivity contribution in [1.29, 1.82) is 0 Å². The largest absolute Gasteiger partial charge is 0.359 e. The van der Waals surface area contributed by atoms with Gasteiger partial charge in [-0.25, -0.2) is 26.1 Å². The zero-order valence-electron chi connectivity index (χ0n) is 18.7. The Kier molecular flexibility index (Phi) is 5.91. The van der Waals surface area contributed by atoms with Gasteiger partial charge >= 0.3 is 0 Å². The van der Waals surface area contributed by atoms with Crippen LogP contribution in [0, 0.1) is 6.92 Å². The van der Waals surface area contributed by atoms with Gasteiger partial charge in [0.25, 0.3) is 10.0 Å². The lowest BCUT2D eigenvalue weighted by Gasteiger charge is -2.28. The van der Waals surface area contributed by atoms with Gasteiger partial charge in [0.1, 0.15) is 6.73 Å². The van der Waals surface area contributed by atoms with Crippen molar-refractivity contribution in [2.75, 3.05) is 28.1 Å². The second kappa shape index (κ2) is 8.91. The smallest absolute Gasteiger partial charge is 0.261 e. The van der Waals surface area contributed by atoms with Crippen molar-refractivity contribution < 1.29 is 21.6 Å². The third-order valence-electron chi connectivity index (χ3n) is 5.69. The second-order valence-corrected chi connectivity index (χ2v) is 11.8. The molecule has 0 spiro atoms. The molecule has 0 amide bonds. The molecule has 1 saturated heterocycles. The van der Waals surface area contributed by atoms with E-state index < -0.39 is 20.0 Å². The molecule has 0 unspecified atom stereocenters. The Bertz CT molecular complexity index is 1620. The van der Waals surface area contributed by atoms with Crippen LogP contribution in [0.3, 0.4) is 0 Å². The van der Waals surface area contributed by atoms with E-state index in [1.54, 1.807) is 18.3 Å². The molecule has 2 aromatic carbocycles. The highest BCUT2D eigenvalue weighted by atomic mass is 32.2. The molecule has 11 heteroatoms. The summed E-state index contributed by atoms with van der Waals surface area (Å²) < 4.78 is 59.5. The number of fused-ring (bicyclic) bond motifs is 1. The molecule has 4 aromatic rings. The number of sulfonamides is 2. The molecule has 1 aliphatic heterocycles. The SMILES string of the molecule is Cc1ccc(NS(=O)(=O)c2ccc(N3COCCS3(=O)=O)cc2)cc1-c1ccc2ncccc2n1. The van der Waals surface area contributed by atoms with Gasteiger partial charge in [-0.3, -0.25) is 9.71 Å². The van der Waals surface area contributed by atoms with Crippen LogP contribution in [0.25, 0.3) is 22.3 Å². The number of anilines is 2. The van der Waals surface area contributed by atoms with Gasteiger partial charge in [0.05, 0.1) is 39.7 Å². The number of ether oxygens (including phenoxy) is 1. The first-order valence-electron chi connectivity index (χ1n) is 10.8. The maximum absolute atomic E-state index is 13.0. The first kappa shape index (κ1) is 23.2. The molecular formula is C24H22N4O5S2. The lowest BCUT2D eigenvalue weighted by atomic mass is 10.0. The molecule has 35 heavy (non-hydrogen) atoms. The zero-order chi connectivity index (χ0) is 24.6. The average molecular weight is 511 g/mol. The molecular weight excluding hydrogens is 488 g/mol. The first-order valence-corrected chi connectivity index (χ1v) is 13.9. The Balaban J connectivity index is 1.41. The maximum atomic E-state index is 13.0. The third kappa shape index (κ3) is 4.70. The van der Waals surface area contributed by atoms with Crippen LogP contribution in [0.1, 0.15) is 5.56 Å². The number of nitrogens with one attached hydrogen (secondary N) is 1. The van der Waals surface area contributed by atoms with E-state index in [1.165, 1.54) is 24.3 Å². The van der Waals surface area contributed by atoms with Crippen LogP contribution in [0.4, 0.5) is 11.4 Å². The number of aromatic nitrogens is 2. The van der Waals surface area contributed by atoms with Crippen LogP contribution in [-0.2, 0) is 24.8 Å². The van der Waals surface area contributed by atoms with Crippen molar-refractivity contribution >= 4 is 42.5 Å². The van der Waals surface area contributed by atoms with E-state index in [4.69, 9.17) is 4.74 Å². The molecule has 0 bridgehead atoms. The molecule has 3 heterocycles. The summed E-state index contributed by atoms with van der Waals surface area (Å²) in [5.74, 6) is -0.118. The Morgan fingerprint density at radius 2 is 1.80 bits per heavy atom. The summed E-state index contributed by atoms with van der Waals surface area (Å²) in [5, 5.41) is 0. The monoisotopic (exact) mass is 510 g/mol. The van der Waals surface area contributed by atoms with Crippen molar-refractivity contribution in [1.82, 2.24) is 9.97 Å². The van der Waals surface area contributed by atoms with E-state index >= 15 is 0 Å². The first-order chi connectivity index (χ1) is 16.7. The van der Waals surface area contributed by atoms with Crippen LogP contribution in [0.2, 0.25) is 0 Å². The summed E-state index contributed by atoms with van der Waals surface area (Å²) in [7, 11) is -7.40. The highest BCUT2D eigenvalue weighted by Crippen LogP contribution is 2.29. The van der Waals surface area contributed by atoms with E-state index in [-0.39, 0.29) is 24.0 Å². The van der Waals surface area contributed by atoms with Gasteiger partial charge in [0.2, 0.25) is 10.0 Å². The standard InChI is InChI=1S/C24H22N4O5S2/c1-17-4-5-18(15-21(17)22-10-11-23-24(26-22)3-2-12-25-23)27-35(31,32)20-8-6-19(7-9-20)28-16-33-13-14-34(28,29)30/h2-12,15,27H,13-14,16H2,1H3. The Labute approximate surface area is 203 Å². The summed E-state index contributed by atoms with van der Waals surface area (Å²) in [6, 6.07) is 18.3. The Morgan fingerprint density at radius 3 is 2.57 bits per heavy atom. The lowest BCUT2D eigenvalue weighted by Crippen LogP contribution is -2.41. The van der Waals surface area contributed by atoms with Crippen molar-refractivity contribution in [2.24, 2.45) is 0 Å². The van der Waals surface area contributed by atoms with Gasteiger partial charge in [-0.05, 0) is 73.2 Å². The van der Waals surface area contributed by atoms with E-state index in [2.05, 4.69) is 14.7 Å². The van der Waals surface area contributed by atoms with Gasteiger partial charge in [-0.15, -0.1) is 0 Å². The van der Waals surface area contributed by atoms with Gasteiger partial charge in [0.15, 0.2) is 0 Å². The molecule has 1 N–H and O–H groups in total. The summed E-state index contributed by atoms with van der Waals surface area (Å²) in [6.45, 7) is 1.97. The van der Waals surface area contributed by atoms with Crippen LogP contribution >= 0.6 is 0 Å². The summed E-state index contributed by atoms with van der Waals surface area (Å²) in [4.78, 5) is 8.96. The minimum absolute atomic E-state index is 0.00797. The molecule has 0 saturated carbocycles. The number of hydrogen-bond acceptors (Lipinski definition) is 7.